The Morgan fingerprint density at radius 3 is 2.50 bits per heavy atom. The Bertz CT molecular complexity index is 903. The predicted octanol–water partition coefficient (Wildman–Crippen LogP) is 3.03. The molecular formula is C14H6ClF3N3O2S-. The number of aromatic carboxylic acids is 1. The summed E-state index contributed by atoms with van der Waals surface area (Å²) >= 11 is 6.69. The standard InChI is InChI=1S/C14H7ClF3N3O2S/c15-8-3-1-7(2-4-8)10-6-24-13(20-10)21-11(14(16,17)18)9(5-19-21)12(22)23/h1-6H,(H,22,23)/p-1. The Morgan fingerprint density at radius 1 is 1.25 bits per heavy atom. The van der Waals surface area contributed by atoms with Crippen molar-refractivity contribution in [1.29, 1.82) is 0 Å². The molecule has 2 aromatic heterocycles. The molecule has 0 atom stereocenters. The monoisotopic (exact) mass is 372 g/mol. The molecule has 0 spiro atoms. The van der Waals surface area contributed by atoms with E-state index in [1.807, 2.05) is 0 Å². The van der Waals surface area contributed by atoms with Crippen LogP contribution in [-0.2, 0) is 6.18 Å². The van der Waals surface area contributed by atoms with Gasteiger partial charge in [-0.05, 0) is 12.1 Å². The minimum atomic E-state index is -4.92. The van der Waals surface area contributed by atoms with Crippen molar-refractivity contribution in [2.24, 2.45) is 0 Å². The first kappa shape index (κ1) is 16.5. The lowest BCUT2D eigenvalue weighted by atomic mass is 10.2. The molecule has 0 fully saturated rings. The van der Waals surface area contributed by atoms with E-state index in [1.54, 1.807) is 29.6 Å². The van der Waals surface area contributed by atoms with Crippen LogP contribution in [0.1, 0.15) is 16.1 Å². The van der Waals surface area contributed by atoms with Crippen molar-refractivity contribution in [3.8, 4) is 16.4 Å². The van der Waals surface area contributed by atoms with Crippen molar-refractivity contribution in [1.82, 2.24) is 14.8 Å². The number of carboxylic acid groups (broad SMARTS) is 1. The van der Waals surface area contributed by atoms with Crippen molar-refractivity contribution in [2.45, 2.75) is 6.18 Å². The first-order chi connectivity index (χ1) is 11.3. The van der Waals surface area contributed by atoms with Crippen LogP contribution in [0.25, 0.3) is 16.4 Å². The highest BCUT2D eigenvalue weighted by atomic mass is 35.5. The number of thiazole rings is 1. The lowest BCUT2D eigenvalue weighted by molar-refractivity contribution is -0.255. The third-order valence-corrected chi connectivity index (χ3v) is 4.14. The van der Waals surface area contributed by atoms with Crippen LogP contribution in [0.4, 0.5) is 13.2 Å². The van der Waals surface area contributed by atoms with Gasteiger partial charge in [-0.1, -0.05) is 23.7 Å². The zero-order chi connectivity index (χ0) is 17.5. The highest BCUT2D eigenvalue weighted by molar-refractivity contribution is 7.12. The number of benzene rings is 1. The van der Waals surface area contributed by atoms with Crippen molar-refractivity contribution in [2.75, 3.05) is 0 Å². The van der Waals surface area contributed by atoms with Gasteiger partial charge in [-0.25, -0.2) is 9.67 Å². The normalized spacial score (nSPS) is 11.7. The van der Waals surface area contributed by atoms with Crippen molar-refractivity contribution >= 4 is 28.9 Å². The largest absolute Gasteiger partial charge is 0.545 e. The van der Waals surface area contributed by atoms with Gasteiger partial charge in [0.25, 0.3) is 0 Å². The molecule has 0 saturated carbocycles. The minimum Gasteiger partial charge on any atom is -0.545 e. The van der Waals surface area contributed by atoms with Crippen LogP contribution in [0.2, 0.25) is 5.02 Å². The summed E-state index contributed by atoms with van der Waals surface area (Å²) < 4.78 is 40.0. The third kappa shape index (κ3) is 3.00. The molecule has 0 amide bonds. The van der Waals surface area contributed by atoms with E-state index in [2.05, 4.69) is 10.1 Å². The maximum Gasteiger partial charge on any atom is 0.434 e. The predicted molar refractivity (Wildman–Crippen MR) is 79.0 cm³/mol. The summed E-state index contributed by atoms with van der Waals surface area (Å²) in [5, 5.41) is 16.3. The number of aromatic nitrogens is 3. The number of hydrogen-bond donors (Lipinski definition) is 0. The van der Waals surface area contributed by atoms with Gasteiger partial charge in [-0.2, -0.15) is 18.3 Å². The van der Waals surface area contributed by atoms with Gasteiger partial charge in [0.2, 0.25) is 5.13 Å². The molecule has 3 rings (SSSR count). The van der Waals surface area contributed by atoms with Crippen LogP contribution < -0.4 is 5.11 Å². The summed E-state index contributed by atoms with van der Waals surface area (Å²) in [5.41, 5.74) is -1.39. The van der Waals surface area contributed by atoms with Crippen LogP contribution in [0.5, 0.6) is 0 Å². The molecule has 0 N–H and O–H groups in total. The van der Waals surface area contributed by atoms with Crippen LogP contribution >= 0.6 is 22.9 Å². The van der Waals surface area contributed by atoms with Gasteiger partial charge in [0.05, 0.1) is 17.9 Å². The number of carbonyl (C=O) groups is 1. The number of carbonyl (C=O) groups excluding carboxylic acids is 1. The summed E-state index contributed by atoms with van der Waals surface area (Å²) in [5.74, 6) is -1.96. The molecule has 0 aliphatic rings. The molecular weight excluding hydrogens is 367 g/mol. The van der Waals surface area contributed by atoms with E-state index < -0.39 is 23.4 Å². The Hall–Kier alpha value is -2.39. The fourth-order valence-corrected chi connectivity index (χ4v) is 2.95. The number of rotatable bonds is 3. The highest BCUT2D eigenvalue weighted by Crippen LogP contribution is 2.35. The van der Waals surface area contributed by atoms with E-state index in [0.29, 0.717) is 27.2 Å². The third-order valence-electron chi connectivity index (χ3n) is 3.07. The van der Waals surface area contributed by atoms with Crippen molar-refractivity contribution in [3.63, 3.8) is 0 Å². The second-order valence-electron chi connectivity index (χ2n) is 4.63. The van der Waals surface area contributed by atoms with Gasteiger partial charge in [-0.15, -0.1) is 11.3 Å². The van der Waals surface area contributed by atoms with E-state index >= 15 is 0 Å². The van der Waals surface area contributed by atoms with Crippen LogP contribution in [0.3, 0.4) is 0 Å². The zero-order valence-electron chi connectivity index (χ0n) is 11.5. The highest BCUT2D eigenvalue weighted by Gasteiger charge is 2.39. The van der Waals surface area contributed by atoms with Gasteiger partial charge >= 0.3 is 6.18 Å². The molecule has 0 unspecified atom stereocenters. The molecule has 2 heterocycles. The Kier molecular flexibility index (Phi) is 4.06. The van der Waals surface area contributed by atoms with Crippen LogP contribution in [-0.4, -0.2) is 20.7 Å². The molecule has 10 heteroatoms. The smallest absolute Gasteiger partial charge is 0.434 e. The average Bonchev–Trinajstić information content (AvgIpc) is 3.14. The van der Waals surface area contributed by atoms with Crippen molar-refractivity contribution < 1.29 is 23.1 Å². The first-order valence-electron chi connectivity index (χ1n) is 6.36. The topological polar surface area (TPSA) is 70.8 Å². The van der Waals surface area contributed by atoms with E-state index in [0.717, 1.165) is 11.3 Å². The van der Waals surface area contributed by atoms with Crippen LogP contribution in [0, 0.1) is 0 Å². The molecule has 5 nitrogen and oxygen atoms in total. The maximum absolute atomic E-state index is 13.2. The molecule has 24 heavy (non-hydrogen) atoms. The molecule has 3 aromatic rings. The molecule has 1 aromatic carbocycles. The Labute approximate surface area is 141 Å². The fraction of sp³-hybridized carbons (Fsp3) is 0.0714. The fourth-order valence-electron chi connectivity index (χ4n) is 2.03. The number of hydrogen-bond acceptors (Lipinski definition) is 5. The lowest BCUT2D eigenvalue weighted by Gasteiger charge is -2.11. The quantitative estimate of drug-likeness (QED) is 0.708. The van der Waals surface area contributed by atoms with Gasteiger partial charge in [-0.3, -0.25) is 0 Å². The zero-order valence-corrected chi connectivity index (χ0v) is 13.1. The van der Waals surface area contributed by atoms with E-state index in [1.165, 1.54) is 0 Å². The van der Waals surface area contributed by atoms with Crippen LogP contribution in [0.15, 0.2) is 35.8 Å². The molecule has 0 aliphatic carbocycles. The average molecular weight is 373 g/mol. The SMILES string of the molecule is O=C([O-])c1cnn(-c2nc(-c3ccc(Cl)cc3)cs2)c1C(F)(F)F. The second-order valence-corrected chi connectivity index (χ2v) is 5.90. The summed E-state index contributed by atoms with van der Waals surface area (Å²) in [6, 6.07) is 6.58. The number of alkyl halides is 3. The molecule has 0 aliphatic heterocycles. The summed E-state index contributed by atoms with van der Waals surface area (Å²) in [6.07, 6.45) is -4.32. The summed E-state index contributed by atoms with van der Waals surface area (Å²) in [4.78, 5) is 15.0. The van der Waals surface area contributed by atoms with Gasteiger partial charge < -0.3 is 9.90 Å². The van der Waals surface area contributed by atoms with Crippen molar-refractivity contribution in [3.05, 3.63) is 52.1 Å². The molecule has 124 valence electrons. The van der Waals surface area contributed by atoms with Gasteiger partial charge in [0.15, 0.2) is 5.69 Å². The van der Waals surface area contributed by atoms with E-state index in [4.69, 9.17) is 11.6 Å². The van der Waals surface area contributed by atoms with Gasteiger partial charge in [0.1, 0.15) is 0 Å². The number of nitrogens with zero attached hydrogens (tertiary/aromatic N) is 3. The van der Waals surface area contributed by atoms with E-state index in [-0.39, 0.29) is 5.13 Å². The number of carboxylic acids is 1. The summed E-state index contributed by atoms with van der Waals surface area (Å²) in [6.45, 7) is 0. The molecule has 0 saturated heterocycles. The summed E-state index contributed by atoms with van der Waals surface area (Å²) in [7, 11) is 0. The molecule has 0 bridgehead atoms. The Balaban J connectivity index is 2.08. The Morgan fingerprint density at radius 2 is 1.92 bits per heavy atom. The first-order valence-corrected chi connectivity index (χ1v) is 7.61. The maximum atomic E-state index is 13.2. The van der Waals surface area contributed by atoms with Gasteiger partial charge in [0, 0.05) is 21.5 Å². The second kappa shape index (κ2) is 5.91. The molecule has 0 radical (unpaired) electrons. The minimum absolute atomic E-state index is 0.111. The number of halogens is 4. The van der Waals surface area contributed by atoms with E-state index in [9.17, 15) is 23.1 Å². The lowest BCUT2D eigenvalue weighted by Crippen LogP contribution is -2.26.